The highest BCUT2D eigenvalue weighted by Gasteiger charge is 2.35. The summed E-state index contributed by atoms with van der Waals surface area (Å²) in [6.07, 6.45) is 2.03. The Bertz CT molecular complexity index is 788. The van der Waals surface area contributed by atoms with Crippen molar-refractivity contribution in [1.29, 1.82) is 0 Å². The van der Waals surface area contributed by atoms with Crippen molar-refractivity contribution in [2.75, 3.05) is 26.7 Å². The Morgan fingerprint density at radius 1 is 1.00 bits per heavy atom. The standard InChI is InChI=1S/C20H26N2O2S/c1-3-7-17-10-12-19(13-11-17)25(23,24)22-15-14-21(2)16-20(22)18-8-5-4-6-9-18/h4-6,8-13,20H,3,7,14-16H2,1-2H3/t20-/m1/s1. The summed E-state index contributed by atoms with van der Waals surface area (Å²) < 4.78 is 28.2. The van der Waals surface area contributed by atoms with Crippen LogP contribution in [-0.2, 0) is 16.4 Å². The number of benzene rings is 2. The molecule has 0 aromatic heterocycles. The van der Waals surface area contributed by atoms with Crippen LogP contribution in [0.15, 0.2) is 59.5 Å². The van der Waals surface area contributed by atoms with Gasteiger partial charge in [0.2, 0.25) is 10.0 Å². The van der Waals surface area contributed by atoms with Gasteiger partial charge in [-0.15, -0.1) is 0 Å². The van der Waals surface area contributed by atoms with E-state index in [-0.39, 0.29) is 6.04 Å². The Balaban J connectivity index is 1.93. The van der Waals surface area contributed by atoms with E-state index in [2.05, 4.69) is 11.8 Å². The number of rotatable bonds is 5. The third-order valence-corrected chi connectivity index (χ3v) is 6.71. The molecule has 1 aliphatic rings. The molecule has 1 fully saturated rings. The molecule has 1 atom stereocenters. The first-order chi connectivity index (χ1) is 12.0. The van der Waals surface area contributed by atoms with Gasteiger partial charge in [0, 0.05) is 19.6 Å². The maximum atomic E-state index is 13.3. The maximum absolute atomic E-state index is 13.3. The van der Waals surface area contributed by atoms with Crippen LogP contribution in [0, 0.1) is 0 Å². The smallest absolute Gasteiger partial charge is 0.243 e. The van der Waals surface area contributed by atoms with Crippen molar-refractivity contribution in [1.82, 2.24) is 9.21 Å². The Morgan fingerprint density at radius 2 is 1.68 bits per heavy atom. The van der Waals surface area contributed by atoms with E-state index in [0.29, 0.717) is 18.0 Å². The molecule has 1 heterocycles. The third kappa shape index (κ3) is 3.94. The molecule has 25 heavy (non-hydrogen) atoms. The minimum Gasteiger partial charge on any atom is -0.303 e. The topological polar surface area (TPSA) is 40.6 Å². The van der Waals surface area contributed by atoms with Crippen LogP contribution in [0.5, 0.6) is 0 Å². The number of aryl methyl sites for hydroxylation is 1. The lowest BCUT2D eigenvalue weighted by Gasteiger charge is -2.39. The summed E-state index contributed by atoms with van der Waals surface area (Å²) in [5.41, 5.74) is 2.22. The lowest BCUT2D eigenvalue weighted by atomic mass is 10.1. The fourth-order valence-corrected chi connectivity index (χ4v) is 4.99. The fraction of sp³-hybridized carbons (Fsp3) is 0.400. The number of sulfonamides is 1. The molecule has 3 rings (SSSR count). The van der Waals surface area contributed by atoms with Crippen molar-refractivity contribution in [3.05, 3.63) is 65.7 Å². The minimum atomic E-state index is -3.51. The average Bonchev–Trinajstić information content (AvgIpc) is 2.63. The summed E-state index contributed by atoms with van der Waals surface area (Å²) in [5.74, 6) is 0. The molecule has 0 unspecified atom stereocenters. The molecule has 1 saturated heterocycles. The van der Waals surface area contributed by atoms with Gasteiger partial charge in [0.1, 0.15) is 0 Å². The van der Waals surface area contributed by atoms with Crippen LogP contribution in [-0.4, -0.2) is 44.3 Å². The maximum Gasteiger partial charge on any atom is 0.243 e. The predicted molar refractivity (Wildman–Crippen MR) is 101 cm³/mol. The zero-order valence-corrected chi connectivity index (χ0v) is 15.7. The average molecular weight is 359 g/mol. The van der Waals surface area contributed by atoms with Gasteiger partial charge < -0.3 is 4.90 Å². The summed E-state index contributed by atoms with van der Waals surface area (Å²) in [5, 5.41) is 0. The molecule has 2 aromatic rings. The second-order valence-electron chi connectivity index (χ2n) is 6.70. The molecule has 0 N–H and O–H groups in total. The number of hydrogen-bond donors (Lipinski definition) is 0. The fourth-order valence-electron chi connectivity index (χ4n) is 3.39. The van der Waals surface area contributed by atoms with E-state index in [0.717, 1.165) is 24.9 Å². The lowest BCUT2D eigenvalue weighted by Crippen LogP contribution is -2.49. The normalized spacial score (nSPS) is 19.8. The van der Waals surface area contributed by atoms with Gasteiger partial charge in [-0.25, -0.2) is 8.42 Å². The van der Waals surface area contributed by atoms with Gasteiger partial charge in [-0.05, 0) is 36.7 Å². The van der Waals surface area contributed by atoms with Gasteiger partial charge in [-0.1, -0.05) is 55.8 Å². The highest BCUT2D eigenvalue weighted by atomic mass is 32.2. The molecule has 0 amide bonds. The van der Waals surface area contributed by atoms with Gasteiger partial charge in [0.15, 0.2) is 0 Å². The summed E-state index contributed by atoms with van der Waals surface area (Å²) in [6, 6.07) is 17.1. The van der Waals surface area contributed by atoms with E-state index < -0.39 is 10.0 Å². The quantitative estimate of drug-likeness (QED) is 0.823. The molecule has 2 aromatic carbocycles. The summed E-state index contributed by atoms with van der Waals surface area (Å²) in [6.45, 7) is 4.09. The van der Waals surface area contributed by atoms with Crippen molar-refractivity contribution in [2.45, 2.75) is 30.7 Å². The highest BCUT2D eigenvalue weighted by Crippen LogP contribution is 2.30. The Kier molecular flexibility index (Phi) is 5.57. The first-order valence-electron chi connectivity index (χ1n) is 8.86. The van der Waals surface area contributed by atoms with E-state index in [4.69, 9.17) is 0 Å². The molecule has 0 aliphatic carbocycles. The second-order valence-corrected chi connectivity index (χ2v) is 8.59. The molecule has 1 aliphatic heterocycles. The largest absolute Gasteiger partial charge is 0.303 e. The summed E-state index contributed by atoms with van der Waals surface area (Å²) in [7, 11) is -1.47. The molecule has 0 saturated carbocycles. The Hall–Kier alpha value is -1.69. The van der Waals surface area contributed by atoms with Gasteiger partial charge in [-0.2, -0.15) is 4.31 Å². The van der Waals surface area contributed by atoms with Crippen LogP contribution in [0.25, 0.3) is 0 Å². The summed E-state index contributed by atoms with van der Waals surface area (Å²) >= 11 is 0. The molecular formula is C20H26N2O2S. The second kappa shape index (κ2) is 7.68. The van der Waals surface area contributed by atoms with Crippen molar-refractivity contribution in [2.24, 2.45) is 0 Å². The first kappa shape index (κ1) is 18.1. The minimum absolute atomic E-state index is 0.153. The van der Waals surface area contributed by atoms with Crippen molar-refractivity contribution in [3.63, 3.8) is 0 Å². The van der Waals surface area contributed by atoms with E-state index in [1.165, 1.54) is 5.56 Å². The van der Waals surface area contributed by atoms with E-state index in [1.807, 2.05) is 49.5 Å². The van der Waals surface area contributed by atoms with Crippen molar-refractivity contribution < 1.29 is 8.42 Å². The van der Waals surface area contributed by atoms with E-state index >= 15 is 0 Å². The van der Waals surface area contributed by atoms with Crippen LogP contribution in [0.4, 0.5) is 0 Å². The zero-order valence-electron chi connectivity index (χ0n) is 14.9. The first-order valence-corrected chi connectivity index (χ1v) is 10.3. The molecule has 0 bridgehead atoms. The predicted octanol–water partition coefficient (Wildman–Crippen LogP) is 3.32. The SMILES string of the molecule is CCCc1ccc(S(=O)(=O)N2CCN(C)C[C@@H]2c2ccccc2)cc1. The monoisotopic (exact) mass is 358 g/mol. The molecule has 5 heteroatoms. The van der Waals surface area contributed by atoms with Crippen molar-refractivity contribution >= 4 is 10.0 Å². The molecule has 0 radical (unpaired) electrons. The van der Waals surface area contributed by atoms with Gasteiger partial charge in [0.25, 0.3) is 0 Å². The van der Waals surface area contributed by atoms with E-state index in [9.17, 15) is 8.42 Å². The third-order valence-electron chi connectivity index (χ3n) is 4.79. The lowest BCUT2D eigenvalue weighted by molar-refractivity contribution is 0.160. The van der Waals surface area contributed by atoms with Gasteiger partial charge in [-0.3, -0.25) is 0 Å². The Morgan fingerprint density at radius 3 is 2.32 bits per heavy atom. The molecule has 0 spiro atoms. The number of nitrogens with zero attached hydrogens (tertiary/aromatic N) is 2. The van der Waals surface area contributed by atoms with Crippen molar-refractivity contribution in [3.8, 4) is 0 Å². The van der Waals surface area contributed by atoms with E-state index in [1.54, 1.807) is 16.4 Å². The number of piperazine rings is 1. The van der Waals surface area contributed by atoms with Gasteiger partial charge >= 0.3 is 0 Å². The van der Waals surface area contributed by atoms with Crippen LogP contribution in [0.1, 0.15) is 30.5 Å². The molecular weight excluding hydrogens is 332 g/mol. The van der Waals surface area contributed by atoms with Crippen LogP contribution >= 0.6 is 0 Å². The van der Waals surface area contributed by atoms with Crippen LogP contribution < -0.4 is 0 Å². The highest BCUT2D eigenvalue weighted by molar-refractivity contribution is 7.89. The molecule has 134 valence electrons. The molecule has 4 nitrogen and oxygen atoms in total. The summed E-state index contributed by atoms with van der Waals surface area (Å²) in [4.78, 5) is 2.58. The van der Waals surface area contributed by atoms with Gasteiger partial charge in [0.05, 0.1) is 10.9 Å². The number of hydrogen-bond acceptors (Lipinski definition) is 3. The zero-order chi connectivity index (χ0) is 17.9. The number of likely N-dealkylation sites (N-methyl/N-ethyl adjacent to an activating group) is 1. The van der Waals surface area contributed by atoms with Crippen LogP contribution in [0.2, 0.25) is 0 Å². The van der Waals surface area contributed by atoms with Crippen LogP contribution in [0.3, 0.4) is 0 Å². The Labute approximate surface area is 151 Å².